The quantitative estimate of drug-likeness (QED) is 0.919. The molecule has 2 aromatic rings. The number of likely N-dealkylation sites (N-methyl/N-ethyl adjacent to an activating group) is 1. The zero-order valence-corrected chi connectivity index (χ0v) is 13.2. The first-order valence-corrected chi connectivity index (χ1v) is 7.41. The number of carbonyl (C=O) groups excluding carboxylic acids is 1. The number of aliphatic hydroxyl groups excluding tert-OH is 1. The lowest BCUT2D eigenvalue weighted by atomic mass is 10.1. The number of aromatic nitrogens is 1. The van der Waals surface area contributed by atoms with Gasteiger partial charge in [0.1, 0.15) is 0 Å². The van der Waals surface area contributed by atoms with E-state index in [-0.39, 0.29) is 18.6 Å². The van der Waals surface area contributed by atoms with Crippen molar-refractivity contribution in [3.63, 3.8) is 0 Å². The van der Waals surface area contributed by atoms with Gasteiger partial charge in [-0.25, -0.2) is 0 Å². The number of amides is 1. The zero-order valence-electron chi connectivity index (χ0n) is 13.2. The van der Waals surface area contributed by atoms with E-state index in [4.69, 9.17) is 0 Å². The monoisotopic (exact) mass is 288 g/mol. The summed E-state index contributed by atoms with van der Waals surface area (Å²) in [5.74, 6) is 0.466. The van der Waals surface area contributed by atoms with Gasteiger partial charge in [-0.2, -0.15) is 0 Å². The van der Waals surface area contributed by atoms with Crippen LogP contribution in [0.25, 0.3) is 10.9 Å². The van der Waals surface area contributed by atoms with Crippen LogP contribution in [0.3, 0.4) is 0 Å². The van der Waals surface area contributed by atoms with Crippen molar-refractivity contribution in [2.75, 3.05) is 13.7 Å². The largest absolute Gasteiger partial charge is 0.394 e. The van der Waals surface area contributed by atoms with Crippen molar-refractivity contribution >= 4 is 16.8 Å². The molecule has 4 heteroatoms. The van der Waals surface area contributed by atoms with E-state index >= 15 is 0 Å². The van der Waals surface area contributed by atoms with Crippen LogP contribution in [-0.4, -0.2) is 40.2 Å². The predicted octanol–water partition coefficient (Wildman–Crippen LogP) is 2.75. The molecule has 1 amide bonds. The molecule has 1 aromatic heterocycles. The normalized spacial score (nSPS) is 12.9. The third-order valence-corrected chi connectivity index (χ3v) is 3.83. The highest BCUT2D eigenvalue weighted by atomic mass is 16.3. The van der Waals surface area contributed by atoms with E-state index in [0.717, 1.165) is 17.4 Å². The summed E-state index contributed by atoms with van der Waals surface area (Å²) in [4.78, 5) is 14.3. The van der Waals surface area contributed by atoms with E-state index in [2.05, 4.69) is 18.4 Å². The van der Waals surface area contributed by atoms with Gasteiger partial charge >= 0.3 is 0 Å². The van der Waals surface area contributed by atoms with Gasteiger partial charge in [0.25, 0.3) is 5.91 Å². The molecular formula is C17H24N2O2. The first kappa shape index (κ1) is 15.6. The molecule has 1 aromatic carbocycles. The standard InChI is InChI=1S/C17H24N2O2/c1-12(2)9-19-10-15(14-7-5-6-8-16(14)19)17(21)18(4)13(3)11-20/h5-8,10,12-13,20H,9,11H2,1-4H3. The van der Waals surface area contributed by atoms with E-state index in [9.17, 15) is 9.90 Å². The Balaban J connectivity index is 2.46. The highest BCUT2D eigenvalue weighted by Crippen LogP contribution is 2.24. The Kier molecular flexibility index (Phi) is 4.68. The number of fused-ring (bicyclic) bond motifs is 1. The van der Waals surface area contributed by atoms with Crippen LogP contribution in [-0.2, 0) is 6.54 Å². The van der Waals surface area contributed by atoms with Crippen molar-refractivity contribution in [2.24, 2.45) is 5.92 Å². The molecule has 1 unspecified atom stereocenters. The smallest absolute Gasteiger partial charge is 0.256 e. The number of rotatable bonds is 5. The minimum Gasteiger partial charge on any atom is -0.394 e. The summed E-state index contributed by atoms with van der Waals surface area (Å²) in [7, 11) is 1.73. The van der Waals surface area contributed by atoms with Crippen molar-refractivity contribution in [2.45, 2.75) is 33.4 Å². The Morgan fingerprint density at radius 3 is 2.57 bits per heavy atom. The van der Waals surface area contributed by atoms with Crippen molar-refractivity contribution < 1.29 is 9.90 Å². The molecule has 0 aliphatic heterocycles. The number of carbonyl (C=O) groups is 1. The molecular weight excluding hydrogens is 264 g/mol. The maximum Gasteiger partial charge on any atom is 0.256 e. The van der Waals surface area contributed by atoms with Crippen LogP contribution in [0.4, 0.5) is 0 Å². The Bertz CT molecular complexity index is 631. The van der Waals surface area contributed by atoms with E-state index in [1.54, 1.807) is 11.9 Å². The van der Waals surface area contributed by atoms with Crippen LogP contribution in [0.5, 0.6) is 0 Å². The van der Waals surface area contributed by atoms with Gasteiger partial charge in [-0.15, -0.1) is 0 Å². The van der Waals surface area contributed by atoms with Gasteiger partial charge in [0.2, 0.25) is 0 Å². The first-order chi connectivity index (χ1) is 9.95. The highest BCUT2D eigenvalue weighted by Gasteiger charge is 2.21. The molecule has 0 spiro atoms. The van der Waals surface area contributed by atoms with Gasteiger partial charge in [-0.1, -0.05) is 32.0 Å². The predicted molar refractivity (Wildman–Crippen MR) is 85.4 cm³/mol. The molecule has 0 saturated heterocycles. The molecule has 0 radical (unpaired) electrons. The van der Waals surface area contributed by atoms with Crippen molar-refractivity contribution in [1.29, 1.82) is 0 Å². The molecule has 114 valence electrons. The second-order valence-electron chi connectivity index (χ2n) is 6.05. The van der Waals surface area contributed by atoms with Crippen LogP contribution in [0, 0.1) is 5.92 Å². The summed E-state index contributed by atoms with van der Waals surface area (Å²) in [6.45, 7) is 7.01. The lowest BCUT2D eigenvalue weighted by Crippen LogP contribution is -2.37. The van der Waals surface area contributed by atoms with Gasteiger partial charge in [0.05, 0.1) is 18.2 Å². The number of nitrogens with zero attached hydrogens (tertiary/aromatic N) is 2. The maximum absolute atomic E-state index is 12.7. The van der Waals surface area contributed by atoms with Crippen LogP contribution in [0.15, 0.2) is 30.5 Å². The number of hydrogen-bond donors (Lipinski definition) is 1. The maximum atomic E-state index is 12.7. The third kappa shape index (κ3) is 3.10. The molecule has 1 atom stereocenters. The van der Waals surface area contributed by atoms with Crippen LogP contribution < -0.4 is 0 Å². The Hall–Kier alpha value is -1.81. The number of benzene rings is 1. The Morgan fingerprint density at radius 1 is 1.29 bits per heavy atom. The number of para-hydroxylation sites is 1. The SMILES string of the molecule is CC(C)Cn1cc(C(=O)N(C)C(C)CO)c2ccccc21. The van der Waals surface area contributed by atoms with Gasteiger partial charge in [-0.05, 0) is 18.9 Å². The molecule has 21 heavy (non-hydrogen) atoms. The highest BCUT2D eigenvalue weighted by molar-refractivity contribution is 6.07. The molecule has 1 heterocycles. The van der Waals surface area contributed by atoms with E-state index in [0.29, 0.717) is 11.5 Å². The molecule has 4 nitrogen and oxygen atoms in total. The average Bonchev–Trinajstić information content (AvgIpc) is 2.83. The summed E-state index contributed by atoms with van der Waals surface area (Å²) in [6, 6.07) is 7.78. The van der Waals surface area contributed by atoms with Crippen LogP contribution in [0.2, 0.25) is 0 Å². The molecule has 1 N–H and O–H groups in total. The van der Waals surface area contributed by atoms with Crippen molar-refractivity contribution in [3.8, 4) is 0 Å². The van der Waals surface area contributed by atoms with Gasteiger partial charge < -0.3 is 14.6 Å². The van der Waals surface area contributed by atoms with E-state index < -0.39 is 0 Å². The second-order valence-corrected chi connectivity index (χ2v) is 6.05. The summed E-state index contributed by atoms with van der Waals surface area (Å²) in [6.07, 6.45) is 1.94. The fraction of sp³-hybridized carbons (Fsp3) is 0.471. The van der Waals surface area contributed by atoms with E-state index in [1.807, 2.05) is 37.4 Å². The van der Waals surface area contributed by atoms with E-state index in [1.165, 1.54) is 0 Å². The lowest BCUT2D eigenvalue weighted by molar-refractivity contribution is 0.0684. The summed E-state index contributed by atoms with van der Waals surface area (Å²) < 4.78 is 2.14. The van der Waals surface area contributed by atoms with Gasteiger partial charge in [0.15, 0.2) is 0 Å². The minimum absolute atomic E-state index is 0.0348. The molecule has 0 fully saturated rings. The average molecular weight is 288 g/mol. The number of aliphatic hydroxyl groups is 1. The van der Waals surface area contributed by atoms with Gasteiger partial charge in [0, 0.05) is 30.7 Å². The fourth-order valence-electron chi connectivity index (χ4n) is 2.47. The number of hydrogen-bond acceptors (Lipinski definition) is 2. The van der Waals surface area contributed by atoms with Crippen molar-refractivity contribution in [1.82, 2.24) is 9.47 Å². The molecule has 0 aliphatic carbocycles. The molecule has 2 rings (SSSR count). The van der Waals surface area contributed by atoms with Crippen LogP contribution in [0.1, 0.15) is 31.1 Å². The topological polar surface area (TPSA) is 45.5 Å². The first-order valence-electron chi connectivity index (χ1n) is 7.41. The molecule has 0 aliphatic rings. The molecule has 0 saturated carbocycles. The summed E-state index contributed by atoms with van der Waals surface area (Å²) in [5, 5.41) is 10.2. The van der Waals surface area contributed by atoms with Crippen LogP contribution >= 0.6 is 0 Å². The van der Waals surface area contributed by atoms with Crippen molar-refractivity contribution in [3.05, 3.63) is 36.0 Å². The zero-order chi connectivity index (χ0) is 15.6. The third-order valence-electron chi connectivity index (χ3n) is 3.83. The molecule has 0 bridgehead atoms. The Morgan fingerprint density at radius 2 is 1.95 bits per heavy atom. The Labute approximate surface area is 126 Å². The second kappa shape index (κ2) is 6.31. The summed E-state index contributed by atoms with van der Waals surface area (Å²) in [5.41, 5.74) is 1.79. The lowest BCUT2D eigenvalue weighted by Gasteiger charge is -2.22. The summed E-state index contributed by atoms with van der Waals surface area (Å²) >= 11 is 0. The van der Waals surface area contributed by atoms with Gasteiger partial charge in [-0.3, -0.25) is 4.79 Å². The fourth-order valence-corrected chi connectivity index (χ4v) is 2.47. The minimum atomic E-state index is -0.190.